The van der Waals surface area contributed by atoms with Crippen LogP contribution in [0.15, 0.2) is 66.7 Å². The zero-order valence-electron chi connectivity index (χ0n) is 19.0. The van der Waals surface area contributed by atoms with Crippen molar-refractivity contribution in [2.75, 3.05) is 13.2 Å². The van der Waals surface area contributed by atoms with Gasteiger partial charge in [-0.15, -0.1) is 0 Å². The molecule has 0 N–H and O–H groups in total. The van der Waals surface area contributed by atoms with E-state index in [2.05, 4.69) is 50.2 Å². The molecule has 164 valence electrons. The van der Waals surface area contributed by atoms with Gasteiger partial charge in [0.05, 0.1) is 24.3 Å². The van der Waals surface area contributed by atoms with Crippen LogP contribution in [0.5, 0.6) is 0 Å². The van der Waals surface area contributed by atoms with Gasteiger partial charge in [0.2, 0.25) is 0 Å². The minimum atomic E-state index is -0.543. The molecule has 0 heterocycles. The zero-order valence-corrected chi connectivity index (χ0v) is 19.0. The van der Waals surface area contributed by atoms with Gasteiger partial charge in [0.1, 0.15) is 0 Å². The van der Waals surface area contributed by atoms with Crippen molar-refractivity contribution in [3.63, 3.8) is 0 Å². The molecule has 0 atom stereocenters. The Balaban J connectivity index is 2.17. The van der Waals surface area contributed by atoms with E-state index in [9.17, 15) is 9.59 Å². The van der Waals surface area contributed by atoms with Crippen LogP contribution in [0, 0.1) is 13.8 Å². The van der Waals surface area contributed by atoms with Crippen molar-refractivity contribution in [1.29, 1.82) is 0 Å². The summed E-state index contributed by atoms with van der Waals surface area (Å²) in [6.45, 7) is 8.04. The number of carbonyl (C=O) groups excluding carboxylic acids is 2. The van der Waals surface area contributed by atoms with Crippen molar-refractivity contribution < 1.29 is 19.1 Å². The van der Waals surface area contributed by atoms with Gasteiger partial charge >= 0.3 is 11.9 Å². The number of hydrogen-bond acceptors (Lipinski definition) is 4. The van der Waals surface area contributed by atoms with Crippen LogP contribution >= 0.6 is 0 Å². The van der Waals surface area contributed by atoms with Crippen molar-refractivity contribution >= 4 is 23.6 Å². The lowest BCUT2D eigenvalue weighted by atomic mass is 9.93. The van der Waals surface area contributed by atoms with E-state index in [4.69, 9.17) is 9.47 Å². The third-order valence-corrected chi connectivity index (χ3v) is 5.00. The third-order valence-electron chi connectivity index (χ3n) is 5.00. The van der Waals surface area contributed by atoms with E-state index in [1.807, 2.05) is 24.3 Å². The molecule has 0 aromatic heterocycles. The van der Waals surface area contributed by atoms with E-state index in [1.54, 1.807) is 26.0 Å². The number of rotatable bonds is 7. The number of carbonyl (C=O) groups is 2. The maximum atomic E-state index is 12.6. The molecule has 3 aromatic carbocycles. The minimum Gasteiger partial charge on any atom is -0.462 e. The molecule has 0 aliphatic rings. The lowest BCUT2D eigenvalue weighted by Crippen LogP contribution is -2.14. The molecule has 3 rings (SSSR count). The van der Waals surface area contributed by atoms with Gasteiger partial charge in [-0.05, 0) is 68.2 Å². The van der Waals surface area contributed by atoms with Crippen LogP contribution in [-0.4, -0.2) is 25.2 Å². The standard InChI is InChI=1S/C28H28O4/c1-5-31-27(29)24-14-13-21(18-26(24)28(30)32-6-2)17-25(22-11-7-9-19(3)15-22)23-12-8-10-20(4)16-23/h7-18H,5-6H2,1-4H3. The summed E-state index contributed by atoms with van der Waals surface area (Å²) in [6, 6.07) is 21.7. The molecule has 0 radical (unpaired) electrons. The van der Waals surface area contributed by atoms with Crippen molar-refractivity contribution in [2.24, 2.45) is 0 Å². The summed E-state index contributed by atoms with van der Waals surface area (Å²) in [6.07, 6.45) is 2.03. The Kier molecular flexibility index (Phi) is 7.61. The quantitative estimate of drug-likeness (QED) is 0.330. The molecule has 0 saturated heterocycles. The molecule has 0 spiro atoms. The molecule has 3 aromatic rings. The Bertz CT molecular complexity index is 1110. The summed E-state index contributed by atoms with van der Waals surface area (Å²) >= 11 is 0. The molecule has 0 bridgehead atoms. The summed E-state index contributed by atoms with van der Waals surface area (Å²) in [7, 11) is 0. The SMILES string of the molecule is CCOC(=O)c1ccc(C=C(c2cccc(C)c2)c2cccc(C)c2)cc1C(=O)OCC. The molecule has 0 aliphatic heterocycles. The second-order valence-electron chi connectivity index (χ2n) is 7.54. The molecular weight excluding hydrogens is 400 g/mol. The van der Waals surface area contributed by atoms with Gasteiger partial charge in [-0.25, -0.2) is 9.59 Å². The average Bonchev–Trinajstić information content (AvgIpc) is 2.77. The Hall–Kier alpha value is -3.66. The number of benzene rings is 3. The van der Waals surface area contributed by atoms with Crippen molar-refractivity contribution in [3.05, 3.63) is 106 Å². The van der Waals surface area contributed by atoms with E-state index in [-0.39, 0.29) is 24.3 Å². The molecule has 4 heteroatoms. The molecule has 0 amide bonds. The van der Waals surface area contributed by atoms with E-state index in [0.717, 1.165) is 33.4 Å². The maximum absolute atomic E-state index is 12.6. The van der Waals surface area contributed by atoms with E-state index < -0.39 is 11.9 Å². The van der Waals surface area contributed by atoms with Gasteiger partial charge in [0.25, 0.3) is 0 Å². The first kappa shape index (κ1) is 23.0. The first-order valence-corrected chi connectivity index (χ1v) is 10.8. The van der Waals surface area contributed by atoms with Crippen LogP contribution in [0.25, 0.3) is 11.6 Å². The second-order valence-corrected chi connectivity index (χ2v) is 7.54. The molecule has 4 nitrogen and oxygen atoms in total. The summed E-state index contributed by atoms with van der Waals surface area (Å²) in [5, 5.41) is 0. The van der Waals surface area contributed by atoms with Gasteiger partial charge in [-0.3, -0.25) is 0 Å². The number of aryl methyl sites for hydroxylation is 2. The smallest absolute Gasteiger partial charge is 0.339 e. The van der Waals surface area contributed by atoms with Crippen molar-refractivity contribution in [2.45, 2.75) is 27.7 Å². The van der Waals surface area contributed by atoms with Crippen molar-refractivity contribution in [1.82, 2.24) is 0 Å². The Labute approximate surface area is 189 Å². The largest absolute Gasteiger partial charge is 0.462 e. The van der Waals surface area contributed by atoms with Gasteiger partial charge in [0, 0.05) is 0 Å². The van der Waals surface area contributed by atoms with Crippen LogP contribution in [0.3, 0.4) is 0 Å². The van der Waals surface area contributed by atoms with Crippen LogP contribution in [0.1, 0.15) is 62.4 Å². The topological polar surface area (TPSA) is 52.6 Å². The lowest BCUT2D eigenvalue weighted by Gasteiger charge is -2.13. The summed E-state index contributed by atoms with van der Waals surface area (Å²) in [4.78, 5) is 25.0. The predicted molar refractivity (Wildman–Crippen MR) is 128 cm³/mol. The van der Waals surface area contributed by atoms with Gasteiger partial charge in [-0.1, -0.05) is 65.7 Å². The first-order chi connectivity index (χ1) is 15.4. The molecular formula is C28H28O4. The van der Waals surface area contributed by atoms with Crippen LogP contribution in [0.2, 0.25) is 0 Å². The highest BCUT2D eigenvalue weighted by atomic mass is 16.5. The van der Waals surface area contributed by atoms with Gasteiger partial charge < -0.3 is 9.47 Å². The molecule has 0 saturated carbocycles. The Morgan fingerprint density at radius 2 is 1.25 bits per heavy atom. The van der Waals surface area contributed by atoms with Crippen LogP contribution in [0.4, 0.5) is 0 Å². The highest BCUT2D eigenvalue weighted by Crippen LogP contribution is 2.28. The van der Waals surface area contributed by atoms with E-state index in [1.165, 1.54) is 0 Å². The highest BCUT2D eigenvalue weighted by molar-refractivity contribution is 6.04. The molecule has 32 heavy (non-hydrogen) atoms. The third kappa shape index (κ3) is 5.52. The predicted octanol–water partition coefficient (Wildman–Crippen LogP) is 6.25. The fourth-order valence-corrected chi connectivity index (χ4v) is 3.54. The van der Waals surface area contributed by atoms with Gasteiger partial charge in [-0.2, -0.15) is 0 Å². The highest BCUT2D eigenvalue weighted by Gasteiger charge is 2.20. The second kappa shape index (κ2) is 10.6. The molecule has 0 aliphatic carbocycles. The average molecular weight is 429 g/mol. The zero-order chi connectivity index (χ0) is 23.1. The normalized spacial score (nSPS) is 10.4. The maximum Gasteiger partial charge on any atom is 0.339 e. The Morgan fingerprint density at radius 3 is 1.75 bits per heavy atom. The Morgan fingerprint density at radius 1 is 0.719 bits per heavy atom. The van der Waals surface area contributed by atoms with Crippen LogP contribution < -0.4 is 0 Å². The lowest BCUT2D eigenvalue weighted by molar-refractivity contribution is 0.0479. The fourth-order valence-electron chi connectivity index (χ4n) is 3.54. The van der Waals surface area contributed by atoms with Crippen LogP contribution in [-0.2, 0) is 9.47 Å². The fraction of sp³-hybridized carbons (Fsp3) is 0.214. The monoisotopic (exact) mass is 428 g/mol. The first-order valence-electron chi connectivity index (χ1n) is 10.8. The van der Waals surface area contributed by atoms with E-state index >= 15 is 0 Å². The van der Waals surface area contributed by atoms with Crippen molar-refractivity contribution in [3.8, 4) is 0 Å². The number of esters is 2. The number of hydrogen-bond donors (Lipinski definition) is 0. The molecule has 0 unspecified atom stereocenters. The summed E-state index contributed by atoms with van der Waals surface area (Å²) in [5.41, 5.74) is 6.68. The van der Waals surface area contributed by atoms with E-state index in [0.29, 0.717) is 0 Å². The van der Waals surface area contributed by atoms with Gasteiger partial charge in [0.15, 0.2) is 0 Å². The number of ether oxygens (including phenoxy) is 2. The summed E-state index contributed by atoms with van der Waals surface area (Å²) in [5.74, 6) is -1.08. The summed E-state index contributed by atoms with van der Waals surface area (Å²) < 4.78 is 10.3. The minimum absolute atomic E-state index is 0.201. The molecule has 0 fully saturated rings.